The van der Waals surface area contributed by atoms with Crippen LogP contribution in [0.15, 0.2) is 22.7 Å². The number of hydrogen-bond donors (Lipinski definition) is 1. The van der Waals surface area contributed by atoms with Gasteiger partial charge in [-0.05, 0) is 46.5 Å². The van der Waals surface area contributed by atoms with Crippen molar-refractivity contribution < 1.29 is 9.53 Å². The number of carbonyl (C=O) groups is 1. The molecule has 3 nitrogen and oxygen atoms in total. The monoisotopic (exact) mass is 311 g/mol. The molecule has 1 aliphatic carbocycles. The molecule has 0 radical (unpaired) electrons. The number of hydrogen-bond acceptors (Lipinski definition) is 3. The van der Waals surface area contributed by atoms with Gasteiger partial charge in [-0.3, -0.25) is 0 Å². The van der Waals surface area contributed by atoms with Crippen LogP contribution in [0.4, 0.5) is 5.69 Å². The lowest BCUT2D eigenvalue weighted by molar-refractivity contribution is 0.0483. The van der Waals surface area contributed by atoms with E-state index >= 15 is 0 Å². The standard InChI is InChI=1S/C14H18BrNO2/c15-12-6-5-11(9-13(12)16)14(17)18-8-7-10-3-1-2-4-10/h5-6,9-10H,1-4,7-8,16H2. The third kappa shape index (κ3) is 3.48. The number of esters is 1. The number of ether oxygens (including phenoxy) is 1. The van der Waals surface area contributed by atoms with Crippen molar-refractivity contribution in [3.05, 3.63) is 28.2 Å². The van der Waals surface area contributed by atoms with E-state index in [4.69, 9.17) is 10.5 Å². The van der Waals surface area contributed by atoms with E-state index in [9.17, 15) is 4.79 Å². The first-order chi connectivity index (χ1) is 8.66. The minimum atomic E-state index is -0.285. The first-order valence-corrected chi connectivity index (χ1v) is 7.18. The van der Waals surface area contributed by atoms with Crippen LogP contribution in [-0.4, -0.2) is 12.6 Å². The Morgan fingerprint density at radius 2 is 2.11 bits per heavy atom. The van der Waals surface area contributed by atoms with Gasteiger partial charge < -0.3 is 10.5 Å². The van der Waals surface area contributed by atoms with Gasteiger partial charge in [0, 0.05) is 10.2 Å². The van der Waals surface area contributed by atoms with Gasteiger partial charge in [-0.25, -0.2) is 4.79 Å². The van der Waals surface area contributed by atoms with Crippen molar-refractivity contribution in [3.8, 4) is 0 Å². The minimum Gasteiger partial charge on any atom is -0.462 e. The third-order valence-corrected chi connectivity index (χ3v) is 4.19. The highest BCUT2D eigenvalue weighted by Crippen LogP contribution is 2.27. The first kappa shape index (κ1) is 13.4. The van der Waals surface area contributed by atoms with Crippen molar-refractivity contribution in [1.82, 2.24) is 0 Å². The molecule has 1 aliphatic rings. The van der Waals surface area contributed by atoms with Crippen LogP contribution in [0, 0.1) is 5.92 Å². The van der Waals surface area contributed by atoms with Gasteiger partial charge in [0.15, 0.2) is 0 Å². The smallest absolute Gasteiger partial charge is 0.338 e. The highest BCUT2D eigenvalue weighted by Gasteiger charge is 2.16. The summed E-state index contributed by atoms with van der Waals surface area (Å²) in [4.78, 5) is 11.8. The van der Waals surface area contributed by atoms with Gasteiger partial charge in [0.05, 0.1) is 12.2 Å². The van der Waals surface area contributed by atoms with Crippen molar-refractivity contribution >= 4 is 27.6 Å². The highest BCUT2D eigenvalue weighted by molar-refractivity contribution is 9.10. The molecule has 2 rings (SSSR count). The maximum Gasteiger partial charge on any atom is 0.338 e. The van der Waals surface area contributed by atoms with E-state index in [-0.39, 0.29) is 5.97 Å². The lowest BCUT2D eigenvalue weighted by Gasteiger charge is -2.09. The summed E-state index contributed by atoms with van der Waals surface area (Å²) in [5.74, 6) is 0.458. The average Bonchev–Trinajstić information content (AvgIpc) is 2.85. The molecular weight excluding hydrogens is 294 g/mol. The molecule has 0 atom stereocenters. The van der Waals surface area contributed by atoms with E-state index in [0.717, 1.165) is 16.8 Å². The van der Waals surface area contributed by atoms with Crippen LogP contribution < -0.4 is 5.73 Å². The zero-order valence-corrected chi connectivity index (χ0v) is 11.9. The summed E-state index contributed by atoms with van der Waals surface area (Å²) in [5, 5.41) is 0. The molecule has 18 heavy (non-hydrogen) atoms. The Labute approximate surface area is 116 Å². The second-order valence-corrected chi connectivity index (χ2v) is 5.67. The predicted molar refractivity (Wildman–Crippen MR) is 75.4 cm³/mol. The fourth-order valence-corrected chi connectivity index (χ4v) is 2.62. The van der Waals surface area contributed by atoms with Gasteiger partial charge in [0.2, 0.25) is 0 Å². The number of benzene rings is 1. The fraction of sp³-hybridized carbons (Fsp3) is 0.500. The van der Waals surface area contributed by atoms with Crippen LogP contribution >= 0.6 is 15.9 Å². The van der Waals surface area contributed by atoms with E-state index in [1.807, 2.05) is 0 Å². The molecule has 0 amide bonds. The molecule has 0 aromatic heterocycles. The second-order valence-electron chi connectivity index (χ2n) is 4.81. The van der Waals surface area contributed by atoms with Gasteiger partial charge in [0.1, 0.15) is 0 Å². The van der Waals surface area contributed by atoms with Crippen LogP contribution in [0.5, 0.6) is 0 Å². The molecule has 98 valence electrons. The maximum absolute atomic E-state index is 11.8. The number of nitrogen functional groups attached to an aromatic ring is 1. The summed E-state index contributed by atoms with van der Waals surface area (Å²) in [6.07, 6.45) is 6.19. The molecule has 1 aromatic rings. The van der Waals surface area contributed by atoms with Crippen molar-refractivity contribution in [2.24, 2.45) is 5.92 Å². The van der Waals surface area contributed by atoms with Crippen LogP contribution in [-0.2, 0) is 4.74 Å². The number of halogens is 1. The number of anilines is 1. The minimum absolute atomic E-state index is 0.285. The Bertz CT molecular complexity index is 428. The Morgan fingerprint density at radius 1 is 1.39 bits per heavy atom. The number of nitrogens with two attached hydrogens (primary N) is 1. The van der Waals surface area contributed by atoms with Gasteiger partial charge in [0.25, 0.3) is 0 Å². The molecule has 2 N–H and O–H groups in total. The Kier molecular flexibility index (Phi) is 4.64. The molecule has 1 aromatic carbocycles. The van der Waals surface area contributed by atoms with Crippen LogP contribution in [0.1, 0.15) is 42.5 Å². The molecule has 0 aliphatic heterocycles. The highest BCUT2D eigenvalue weighted by atomic mass is 79.9. The average molecular weight is 312 g/mol. The Balaban J connectivity index is 1.81. The van der Waals surface area contributed by atoms with Gasteiger partial charge >= 0.3 is 5.97 Å². The molecule has 0 unspecified atom stereocenters. The third-order valence-electron chi connectivity index (χ3n) is 3.47. The van der Waals surface area contributed by atoms with Crippen molar-refractivity contribution in [1.29, 1.82) is 0 Å². The van der Waals surface area contributed by atoms with E-state index in [1.165, 1.54) is 25.7 Å². The summed E-state index contributed by atoms with van der Waals surface area (Å²) in [6.45, 7) is 0.513. The Morgan fingerprint density at radius 3 is 2.78 bits per heavy atom. The fourth-order valence-electron chi connectivity index (χ4n) is 2.37. The summed E-state index contributed by atoms with van der Waals surface area (Å²) >= 11 is 3.30. The maximum atomic E-state index is 11.8. The zero-order valence-electron chi connectivity index (χ0n) is 10.3. The predicted octanol–water partition coefficient (Wildman–Crippen LogP) is 3.77. The number of rotatable bonds is 4. The lowest BCUT2D eigenvalue weighted by atomic mass is 10.1. The van der Waals surface area contributed by atoms with Crippen LogP contribution in [0.3, 0.4) is 0 Å². The molecular formula is C14H18BrNO2. The van der Waals surface area contributed by atoms with Gasteiger partial charge in [-0.2, -0.15) is 0 Å². The van der Waals surface area contributed by atoms with Crippen molar-refractivity contribution in [3.63, 3.8) is 0 Å². The zero-order chi connectivity index (χ0) is 13.0. The van der Waals surface area contributed by atoms with Crippen molar-refractivity contribution in [2.45, 2.75) is 32.1 Å². The molecule has 1 saturated carbocycles. The van der Waals surface area contributed by atoms with Gasteiger partial charge in [-0.1, -0.05) is 25.7 Å². The largest absolute Gasteiger partial charge is 0.462 e. The Hall–Kier alpha value is -1.03. The molecule has 0 saturated heterocycles. The normalized spacial score (nSPS) is 15.8. The van der Waals surface area contributed by atoms with Crippen LogP contribution in [0.25, 0.3) is 0 Å². The van der Waals surface area contributed by atoms with E-state index in [2.05, 4.69) is 15.9 Å². The van der Waals surface area contributed by atoms with E-state index in [0.29, 0.717) is 17.9 Å². The molecule has 0 spiro atoms. The van der Waals surface area contributed by atoms with E-state index in [1.54, 1.807) is 18.2 Å². The quantitative estimate of drug-likeness (QED) is 0.680. The molecule has 1 fully saturated rings. The van der Waals surface area contributed by atoms with Crippen molar-refractivity contribution in [2.75, 3.05) is 12.3 Å². The first-order valence-electron chi connectivity index (χ1n) is 6.39. The SMILES string of the molecule is Nc1cc(C(=O)OCCC2CCCC2)ccc1Br. The summed E-state index contributed by atoms with van der Waals surface area (Å²) < 4.78 is 6.07. The summed E-state index contributed by atoms with van der Waals surface area (Å²) in [6, 6.07) is 5.13. The second kappa shape index (κ2) is 6.23. The topological polar surface area (TPSA) is 52.3 Å². The molecule has 0 bridgehead atoms. The molecule has 0 heterocycles. The van der Waals surface area contributed by atoms with Crippen LogP contribution in [0.2, 0.25) is 0 Å². The van der Waals surface area contributed by atoms with Gasteiger partial charge in [-0.15, -0.1) is 0 Å². The summed E-state index contributed by atoms with van der Waals surface area (Å²) in [7, 11) is 0. The lowest BCUT2D eigenvalue weighted by Crippen LogP contribution is -2.09. The molecule has 4 heteroatoms. The van der Waals surface area contributed by atoms with E-state index < -0.39 is 0 Å². The number of carbonyl (C=O) groups excluding carboxylic acids is 1. The summed E-state index contributed by atoms with van der Waals surface area (Å²) in [5.41, 5.74) is 6.80.